The fourth-order valence-corrected chi connectivity index (χ4v) is 3.78. The third-order valence-corrected chi connectivity index (χ3v) is 5.13. The van der Waals surface area contributed by atoms with Gasteiger partial charge in [0.2, 0.25) is 5.91 Å². The van der Waals surface area contributed by atoms with E-state index in [1.54, 1.807) is 0 Å². The van der Waals surface area contributed by atoms with E-state index in [0.29, 0.717) is 23.7 Å². The Labute approximate surface area is 121 Å². The summed E-state index contributed by atoms with van der Waals surface area (Å²) in [5, 5.41) is 0. The summed E-state index contributed by atoms with van der Waals surface area (Å²) >= 11 is 5.78. The van der Waals surface area contributed by atoms with Crippen molar-refractivity contribution in [1.29, 1.82) is 0 Å². The Bertz CT molecular complexity index is 323. The van der Waals surface area contributed by atoms with Crippen LogP contribution >= 0.6 is 11.6 Å². The first kappa shape index (κ1) is 15.1. The van der Waals surface area contributed by atoms with Crippen molar-refractivity contribution in [3.63, 3.8) is 0 Å². The van der Waals surface area contributed by atoms with Crippen LogP contribution in [0.5, 0.6) is 0 Å². The molecule has 0 aromatic heterocycles. The normalized spacial score (nSPS) is 38.9. The van der Waals surface area contributed by atoms with Crippen molar-refractivity contribution in [2.75, 3.05) is 12.4 Å². The van der Waals surface area contributed by atoms with Gasteiger partial charge in [0.1, 0.15) is 0 Å². The van der Waals surface area contributed by atoms with Gasteiger partial charge in [0.25, 0.3) is 0 Å². The zero-order valence-electron chi connectivity index (χ0n) is 12.3. The molecule has 0 aromatic carbocycles. The Morgan fingerprint density at radius 3 is 2.63 bits per heavy atom. The molecule has 110 valence electrons. The van der Waals surface area contributed by atoms with Crippen molar-refractivity contribution < 1.29 is 9.53 Å². The minimum atomic E-state index is 0.0339. The Morgan fingerprint density at radius 1 is 1.32 bits per heavy atom. The van der Waals surface area contributed by atoms with Crippen LogP contribution < -0.4 is 0 Å². The quantitative estimate of drug-likeness (QED) is 0.744. The first-order valence-corrected chi connectivity index (χ1v) is 8.11. The van der Waals surface area contributed by atoms with E-state index in [9.17, 15) is 4.79 Å². The summed E-state index contributed by atoms with van der Waals surface area (Å²) < 4.78 is 5.81. The van der Waals surface area contributed by atoms with E-state index in [0.717, 1.165) is 32.2 Å². The van der Waals surface area contributed by atoms with Gasteiger partial charge >= 0.3 is 0 Å². The van der Waals surface area contributed by atoms with Crippen molar-refractivity contribution in [2.24, 2.45) is 11.8 Å². The topological polar surface area (TPSA) is 29.5 Å². The molecule has 2 aliphatic heterocycles. The lowest BCUT2D eigenvalue weighted by atomic mass is 9.88. The highest BCUT2D eigenvalue weighted by molar-refractivity contribution is 6.17. The molecule has 2 aliphatic rings. The van der Waals surface area contributed by atoms with E-state index in [1.165, 1.54) is 0 Å². The lowest BCUT2D eigenvalue weighted by Crippen LogP contribution is -2.43. The maximum absolute atomic E-state index is 12.8. The second kappa shape index (κ2) is 6.45. The van der Waals surface area contributed by atoms with Gasteiger partial charge < -0.3 is 9.64 Å². The third-order valence-electron chi connectivity index (χ3n) is 4.86. The molecule has 0 saturated carbocycles. The van der Waals surface area contributed by atoms with E-state index in [2.05, 4.69) is 18.7 Å². The number of halogens is 1. The van der Waals surface area contributed by atoms with Gasteiger partial charge in [-0.3, -0.25) is 4.79 Å². The highest BCUT2D eigenvalue weighted by Gasteiger charge is 2.45. The Kier molecular flexibility index (Phi) is 5.13. The molecular formula is C15H26ClNO2. The number of carbonyl (C=O) groups is 1. The summed E-state index contributed by atoms with van der Waals surface area (Å²) in [5.41, 5.74) is 0. The lowest BCUT2D eigenvalue weighted by Gasteiger charge is -2.30. The van der Waals surface area contributed by atoms with Crippen LogP contribution in [0.25, 0.3) is 0 Å². The van der Waals surface area contributed by atoms with Gasteiger partial charge in [-0.2, -0.15) is 0 Å². The smallest absolute Gasteiger partial charge is 0.228 e. The minimum absolute atomic E-state index is 0.0339. The molecule has 5 unspecified atom stereocenters. The molecule has 0 aromatic rings. The molecule has 0 aliphatic carbocycles. The molecule has 0 bridgehead atoms. The van der Waals surface area contributed by atoms with Crippen LogP contribution in [0.1, 0.15) is 46.5 Å². The van der Waals surface area contributed by atoms with E-state index in [1.807, 2.05) is 6.92 Å². The molecule has 2 saturated heterocycles. The SMILES string of the molecule is CC1OC(C)C(C(=O)N2CCCC2CCCCl)C1C. The van der Waals surface area contributed by atoms with Crippen molar-refractivity contribution in [2.45, 2.75) is 64.7 Å². The number of amides is 1. The molecule has 0 spiro atoms. The molecular weight excluding hydrogens is 262 g/mol. The third kappa shape index (κ3) is 3.08. The standard InChI is InChI=1S/C15H26ClNO2/c1-10-11(2)19-12(3)14(10)15(18)17-9-5-7-13(17)6-4-8-16/h10-14H,4-9H2,1-3H3. The fourth-order valence-electron chi connectivity index (χ4n) is 3.62. The van der Waals surface area contributed by atoms with Crippen LogP contribution in [0.3, 0.4) is 0 Å². The van der Waals surface area contributed by atoms with Crippen LogP contribution in [0, 0.1) is 11.8 Å². The summed E-state index contributed by atoms with van der Waals surface area (Å²) in [6.07, 6.45) is 4.54. The summed E-state index contributed by atoms with van der Waals surface area (Å²) in [7, 11) is 0. The minimum Gasteiger partial charge on any atom is -0.374 e. The van der Waals surface area contributed by atoms with Crippen molar-refractivity contribution in [3.8, 4) is 0 Å². The summed E-state index contributed by atoms with van der Waals surface area (Å²) in [6, 6.07) is 0.404. The fraction of sp³-hybridized carbons (Fsp3) is 0.933. The van der Waals surface area contributed by atoms with E-state index >= 15 is 0 Å². The largest absolute Gasteiger partial charge is 0.374 e. The summed E-state index contributed by atoms with van der Waals surface area (Å²) in [5.74, 6) is 1.35. The number of alkyl halides is 1. The number of hydrogen-bond acceptors (Lipinski definition) is 2. The van der Waals surface area contributed by atoms with Gasteiger partial charge in [-0.1, -0.05) is 6.92 Å². The Balaban J connectivity index is 2.02. The van der Waals surface area contributed by atoms with Crippen LogP contribution in [-0.4, -0.2) is 41.5 Å². The molecule has 0 N–H and O–H groups in total. The summed E-state index contributed by atoms with van der Waals surface area (Å²) in [4.78, 5) is 14.9. The van der Waals surface area contributed by atoms with Crippen molar-refractivity contribution in [1.82, 2.24) is 4.90 Å². The molecule has 0 radical (unpaired) electrons. The Morgan fingerprint density at radius 2 is 2.05 bits per heavy atom. The van der Waals surface area contributed by atoms with Crippen LogP contribution in [0.15, 0.2) is 0 Å². The van der Waals surface area contributed by atoms with Crippen molar-refractivity contribution in [3.05, 3.63) is 0 Å². The van der Waals surface area contributed by atoms with Gasteiger partial charge in [0, 0.05) is 18.5 Å². The second-order valence-electron chi connectivity index (χ2n) is 6.09. The zero-order valence-corrected chi connectivity index (χ0v) is 13.0. The second-order valence-corrected chi connectivity index (χ2v) is 6.47. The summed E-state index contributed by atoms with van der Waals surface area (Å²) in [6.45, 7) is 7.16. The van der Waals surface area contributed by atoms with Gasteiger partial charge in [0.15, 0.2) is 0 Å². The first-order chi connectivity index (χ1) is 9.06. The predicted octanol–water partition coefficient (Wildman–Crippen LogP) is 3.06. The highest BCUT2D eigenvalue weighted by atomic mass is 35.5. The zero-order chi connectivity index (χ0) is 14.0. The maximum atomic E-state index is 12.8. The number of nitrogens with zero attached hydrogens (tertiary/aromatic N) is 1. The molecule has 1 amide bonds. The molecule has 5 atom stereocenters. The molecule has 2 heterocycles. The van der Waals surface area contributed by atoms with E-state index in [-0.39, 0.29) is 18.1 Å². The lowest BCUT2D eigenvalue weighted by molar-refractivity contribution is -0.138. The predicted molar refractivity (Wildman–Crippen MR) is 77.4 cm³/mol. The molecule has 2 rings (SSSR count). The van der Waals surface area contributed by atoms with Crippen LogP contribution in [0.4, 0.5) is 0 Å². The van der Waals surface area contributed by atoms with Gasteiger partial charge in [-0.25, -0.2) is 0 Å². The molecule has 3 nitrogen and oxygen atoms in total. The Hall–Kier alpha value is -0.280. The number of rotatable bonds is 4. The molecule has 19 heavy (non-hydrogen) atoms. The van der Waals surface area contributed by atoms with Gasteiger partial charge in [0.05, 0.1) is 18.1 Å². The highest BCUT2D eigenvalue weighted by Crippen LogP contribution is 2.35. The molecule has 2 fully saturated rings. The van der Waals surface area contributed by atoms with E-state index in [4.69, 9.17) is 16.3 Å². The van der Waals surface area contributed by atoms with E-state index < -0.39 is 0 Å². The average Bonchev–Trinajstić information content (AvgIpc) is 2.92. The number of carbonyl (C=O) groups excluding carboxylic acids is 1. The van der Waals surface area contributed by atoms with Crippen LogP contribution in [0.2, 0.25) is 0 Å². The number of ether oxygens (including phenoxy) is 1. The average molecular weight is 288 g/mol. The molecule has 4 heteroatoms. The maximum Gasteiger partial charge on any atom is 0.228 e. The van der Waals surface area contributed by atoms with Crippen LogP contribution in [-0.2, 0) is 9.53 Å². The number of hydrogen-bond donors (Lipinski definition) is 0. The van der Waals surface area contributed by atoms with Crippen molar-refractivity contribution >= 4 is 17.5 Å². The monoisotopic (exact) mass is 287 g/mol. The first-order valence-electron chi connectivity index (χ1n) is 7.58. The number of likely N-dealkylation sites (tertiary alicyclic amines) is 1. The van der Waals surface area contributed by atoms with Gasteiger partial charge in [-0.05, 0) is 45.4 Å². The van der Waals surface area contributed by atoms with Gasteiger partial charge in [-0.15, -0.1) is 11.6 Å².